The van der Waals surface area contributed by atoms with Crippen molar-refractivity contribution in [1.82, 2.24) is 4.90 Å². The van der Waals surface area contributed by atoms with Crippen LogP contribution in [0.3, 0.4) is 0 Å². The zero-order valence-electron chi connectivity index (χ0n) is 12.7. The van der Waals surface area contributed by atoms with Crippen molar-refractivity contribution in [3.63, 3.8) is 0 Å². The summed E-state index contributed by atoms with van der Waals surface area (Å²) in [5, 5.41) is 0. The summed E-state index contributed by atoms with van der Waals surface area (Å²) in [4.78, 5) is 4.60. The molecule has 0 fully saturated rings. The monoisotopic (exact) mass is 260 g/mol. The van der Waals surface area contributed by atoms with Gasteiger partial charge in [0.2, 0.25) is 0 Å². The van der Waals surface area contributed by atoms with E-state index in [1.54, 1.807) is 0 Å². The van der Waals surface area contributed by atoms with Crippen LogP contribution in [0.15, 0.2) is 42.7 Å². The summed E-state index contributed by atoms with van der Waals surface area (Å²) >= 11 is 0. The molecule has 0 radical (unpaired) electrons. The number of nitrogens with zero attached hydrogens (tertiary/aromatic N) is 2. The van der Waals surface area contributed by atoms with Gasteiger partial charge in [0, 0.05) is 25.8 Å². The molecule has 2 heteroatoms. The van der Waals surface area contributed by atoms with Gasteiger partial charge in [-0.05, 0) is 25.0 Å². The molecule has 0 aliphatic heterocycles. The second-order valence-electron chi connectivity index (χ2n) is 5.00. The number of anilines is 1. The number of benzene rings is 1. The molecular formula is C17H28N2. The van der Waals surface area contributed by atoms with E-state index in [1.807, 2.05) is 6.07 Å². The molecule has 0 saturated heterocycles. The molecule has 0 aliphatic rings. The molecule has 0 N–H and O–H groups in total. The molecular weight excluding hydrogens is 232 g/mol. The van der Waals surface area contributed by atoms with Gasteiger partial charge in [-0.1, -0.05) is 51.5 Å². The van der Waals surface area contributed by atoms with Gasteiger partial charge in [0.25, 0.3) is 0 Å². The molecule has 0 spiro atoms. The van der Waals surface area contributed by atoms with Crippen LogP contribution in [0, 0.1) is 0 Å². The van der Waals surface area contributed by atoms with E-state index in [1.165, 1.54) is 31.4 Å². The van der Waals surface area contributed by atoms with Crippen LogP contribution in [0.5, 0.6) is 0 Å². The molecule has 2 nitrogen and oxygen atoms in total. The number of hydrogen-bond donors (Lipinski definition) is 0. The minimum Gasteiger partial charge on any atom is -0.359 e. The van der Waals surface area contributed by atoms with Crippen molar-refractivity contribution in [2.45, 2.75) is 39.5 Å². The zero-order valence-corrected chi connectivity index (χ0v) is 12.7. The van der Waals surface area contributed by atoms with Gasteiger partial charge >= 0.3 is 0 Å². The Morgan fingerprint density at radius 3 is 2.00 bits per heavy atom. The maximum Gasteiger partial charge on any atom is 0.101 e. The predicted octanol–water partition coefficient (Wildman–Crippen LogP) is 4.50. The summed E-state index contributed by atoms with van der Waals surface area (Å²) in [5.74, 6) is 1.10. The smallest absolute Gasteiger partial charge is 0.101 e. The Morgan fingerprint density at radius 1 is 1.00 bits per heavy atom. The summed E-state index contributed by atoms with van der Waals surface area (Å²) < 4.78 is 0. The van der Waals surface area contributed by atoms with Crippen molar-refractivity contribution in [2.75, 3.05) is 25.0 Å². The molecule has 19 heavy (non-hydrogen) atoms. The van der Waals surface area contributed by atoms with E-state index in [2.05, 4.69) is 61.5 Å². The summed E-state index contributed by atoms with van der Waals surface area (Å²) in [6.07, 6.45) is 4.91. The maximum absolute atomic E-state index is 4.29. The highest BCUT2D eigenvalue weighted by atomic mass is 15.3. The van der Waals surface area contributed by atoms with Crippen molar-refractivity contribution < 1.29 is 0 Å². The molecule has 0 atom stereocenters. The molecule has 0 saturated carbocycles. The van der Waals surface area contributed by atoms with Crippen molar-refractivity contribution in [3.8, 4) is 0 Å². The molecule has 0 aromatic heterocycles. The Kier molecular flexibility index (Phi) is 7.09. The van der Waals surface area contributed by atoms with Crippen LogP contribution in [0.2, 0.25) is 0 Å². The van der Waals surface area contributed by atoms with Crippen molar-refractivity contribution in [2.24, 2.45) is 0 Å². The van der Waals surface area contributed by atoms with E-state index in [4.69, 9.17) is 0 Å². The fraction of sp³-hybridized carbons (Fsp3) is 0.529. The first-order chi connectivity index (χ1) is 9.20. The minimum absolute atomic E-state index is 1.10. The van der Waals surface area contributed by atoms with Crippen LogP contribution in [0.25, 0.3) is 0 Å². The average Bonchev–Trinajstić information content (AvgIpc) is 2.47. The number of unbranched alkanes of at least 4 members (excludes halogenated alkanes) is 2. The third-order valence-corrected chi connectivity index (χ3v) is 3.46. The topological polar surface area (TPSA) is 6.48 Å². The van der Waals surface area contributed by atoms with Crippen LogP contribution in [-0.2, 0) is 0 Å². The van der Waals surface area contributed by atoms with E-state index in [0.29, 0.717) is 0 Å². The second-order valence-corrected chi connectivity index (χ2v) is 5.00. The highest BCUT2D eigenvalue weighted by molar-refractivity contribution is 5.49. The van der Waals surface area contributed by atoms with Crippen molar-refractivity contribution in [1.29, 1.82) is 0 Å². The van der Waals surface area contributed by atoms with E-state index >= 15 is 0 Å². The predicted molar refractivity (Wildman–Crippen MR) is 85.4 cm³/mol. The molecule has 0 heterocycles. The van der Waals surface area contributed by atoms with Crippen LogP contribution in [0.4, 0.5) is 5.69 Å². The molecule has 0 amide bonds. The van der Waals surface area contributed by atoms with Gasteiger partial charge in [-0.25, -0.2) is 0 Å². The first-order valence-corrected chi connectivity index (χ1v) is 7.43. The normalized spacial score (nSPS) is 10.3. The van der Waals surface area contributed by atoms with Crippen LogP contribution in [0.1, 0.15) is 39.5 Å². The van der Waals surface area contributed by atoms with Crippen molar-refractivity contribution in [3.05, 3.63) is 42.7 Å². The molecule has 106 valence electrons. The zero-order chi connectivity index (χ0) is 14.1. The lowest BCUT2D eigenvalue weighted by Gasteiger charge is -2.33. The van der Waals surface area contributed by atoms with Gasteiger partial charge in [0.15, 0.2) is 0 Å². The van der Waals surface area contributed by atoms with Crippen LogP contribution >= 0.6 is 0 Å². The highest BCUT2D eigenvalue weighted by Gasteiger charge is 2.12. The van der Waals surface area contributed by atoms with E-state index < -0.39 is 0 Å². The Balaban J connectivity index is 2.68. The fourth-order valence-electron chi connectivity index (χ4n) is 2.08. The van der Waals surface area contributed by atoms with Crippen LogP contribution < -0.4 is 4.90 Å². The van der Waals surface area contributed by atoms with Gasteiger partial charge in [-0.3, -0.25) is 0 Å². The Labute approximate surface area is 118 Å². The van der Waals surface area contributed by atoms with E-state index in [9.17, 15) is 0 Å². The van der Waals surface area contributed by atoms with Gasteiger partial charge in [-0.15, -0.1) is 0 Å². The summed E-state index contributed by atoms with van der Waals surface area (Å²) in [6, 6.07) is 10.4. The minimum atomic E-state index is 1.10. The molecule has 1 aromatic rings. The van der Waals surface area contributed by atoms with Gasteiger partial charge in [-0.2, -0.15) is 0 Å². The number of rotatable bonds is 9. The molecule has 0 aliphatic carbocycles. The summed E-state index contributed by atoms with van der Waals surface area (Å²) in [6.45, 7) is 11.0. The molecule has 0 unspecified atom stereocenters. The van der Waals surface area contributed by atoms with Gasteiger partial charge < -0.3 is 9.80 Å². The first-order valence-electron chi connectivity index (χ1n) is 7.43. The van der Waals surface area contributed by atoms with Crippen LogP contribution in [-0.4, -0.2) is 25.0 Å². The quantitative estimate of drug-likeness (QED) is 0.645. The van der Waals surface area contributed by atoms with E-state index in [0.717, 1.165) is 18.9 Å². The lowest BCUT2D eigenvalue weighted by Crippen LogP contribution is -2.34. The Morgan fingerprint density at radius 2 is 1.53 bits per heavy atom. The molecule has 0 bridgehead atoms. The summed E-state index contributed by atoms with van der Waals surface area (Å²) in [5.41, 5.74) is 1.20. The molecule has 1 aromatic carbocycles. The Hall–Kier alpha value is -1.44. The van der Waals surface area contributed by atoms with Gasteiger partial charge in [0.05, 0.1) is 0 Å². The fourth-order valence-corrected chi connectivity index (χ4v) is 2.08. The third-order valence-electron chi connectivity index (χ3n) is 3.46. The standard InChI is InChI=1S/C17H28N2/c1-5-7-14-19(15-8-6-2)16(3)18(4)17-12-10-9-11-13-17/h9-13H,3,5-8,14-15H2,1-2,4H3. The first kappa shape index (κ1) is 15.6. The lowest BCUT2D eigenvalue weighted by atomic mass is 10.2. The highest BCUT2D eigenvalue weighted by Crippen LogP contribution is 2.19. The third kappa shape index (κ3) is 4.98. The average molecular weight is 260 g/mol. The number of para-hydroxylation sites is 1. The SMILES string of the molecule is C=C(N(CCCC)CCCC)N(C)c1ccccc1. The maximum atomic E-state index is 4.29. The van der Waals surface area contributed by atoms with Gasteiger partial charge in [0.1, 0.15) is 5.82 Å². The largest absolute Gasteiger partial charge is 0.359 e. The van der Waals surface area contributed by atoms with Crippen molar-refractivity contribution >= 4 is 5.69 Å². The molecule has 1 rings (SSSR count). The van der Waals surface area contributed by atoms with E-state index in [-0.39, 0.29) is 0 Å². The summed E-state index contributed by atoms with van der Waals surface area (Å²) in [7, 11) is 2.10. The Bertz CT molecular complexity index is 351. The number of hydrogen-bond acceptors (Lipinski definition) is 2. The second kappa shape index (κ2) is 8.63. The lowest BCUT2D eigenvalue weighted by molar-refractivity contribution is 0.325.